The van der Waals surface area contributed by atoms with Crippen molar-refractivity contribution in [2.24, 2.45) is 5.73 Å². The maximum atomic E-state index is 11.3. The predicted molar refractivity (Wildman–Crippen MR) is 67.7 cm³/mol. The molecule has 1 heterocycles. The van der Waals surface area contributed by atoms with Gasteiger partial charge < -0.3 is 20.7 Å². The number of primary amides is 1. The Bertz CT molecular complexity index is 252. The molecule has 0 aromatic carbocycles. The van der Waals surface area contributed by atoms with Crippen LogP contribution >= 0.6 is 0 Å². The Labute approximate surface area is 104 Å². The number of methoxy groups -OCH3 is 1. The van der Waals surface area contributed by atoms with Gasteiger partial charge >= 0.3 is 0 Å². The first-order chi connectivity index (χ1) is 8.01. The Morgan fingerprint density at radius 2 is 2.12 bits per heavy atom. The molecule has 0 radical (unpaired) electrons. The first-order valence-corrected chi connectivity index (χ1v) is 6.26. The standard InChI is InChI=1S/C12H25N3O2/c1-12(14-2,11(13)16)6-9-15-7-4-10(17-3)5-8-15/h10,14H,4-9H2,1-3H3,(H2,13,16). The largest absolute Gasteiger partial charge is 0.381 e. The van der Waals surface area contributed by atoms with E-state index in [2.05, 4.69) is 10.2 Å². The summed E-state index contributed by atoms with van der Waals surface area (Å²) in [6.07, 6.45) is 3.29. The number of carbonyl (C=O) groups is 1. The zero-order valence-corrected chi connectivity index (χ0v) is 11.2. The molecule has 5 nitrogen and oxygen atoms in total. The molecule has 5 heteroatoms. The van der Waals surface area contributed by atoms with Crippen molar-refractivity contribution in [3.8, 4) is 0 Å². The van der Waals surface area contributed by atoms with E-state index in [-0.39, 0.29) is 5.91 Å². The summed E-state index contributed by atoms with van der Waals surface area (Å²) in [7, 11) is 3.55. The van der Waals surface area contributed by atoms with Crippen LogP contribution in [0.4, 0.5) is 0 Å². The number of nitrogens with one attached hydrogen (secondary N) is 1. The van der Waals surface area contributed by atoms with E-state index in [9.17, 15) is 4.79 Å². The number of nitrogens with zero attached hydrogens (tertiary/aromatic N) is 1. The number of carbonyl (C=O) groups excluding carboxylic acids is 1. The molecule has 0 saturated carbocycles. The number of amides is 1. The second-order valence-electron chi connectivity index (χ2n) is 4.97. The number of piperidine rings is 1. The molecular weight excluding hydrogens is 218 g/mol. The Balaban J connectivity index is 2.34. The molecule has 0 spiro atoms. The molecule has 0 aromatic rings. The fraction of sp³-hybridized carbons (Fsp3) is 0.917. The van der Waals surface area contributed by atoms with Gasteiger partial charge in [-0.15, -0.1) is 0 Å². The Morgan fingerprint density at radius 1 is 1.53 bits per heavy atom. The fourth-order valence-electron chi connectivity index (χ4n) is 2.12. The van der Waals surface area contributed by atoms with Gasteiger partial charge in [0.15, 0.2) is 0 Å². The van der Waals surface area contributed by atoms with Crippen molar-refractivity contribution >= 4 is 5.91 Å². The van der Waals surface area contributed by atoms with Gasteiger partial charge in [-0.25, -0.2) is 0 Å². The minimum absolute atomic E-state index is 0.285. The Hall–Kier alpha value is -0.650. The van der Waals surface area contributed by atoms with E-state index in [1.165, 1.54) is 0 Å². The number of hydrogen-bond acceptors (Lipinski definition) is 4. The van der Waals surface area contributed by atoms with E-state index < -0.39 is 5.54 Å². The molecule has 3 N–H and O–H groups in total. The number of nitrogens with two attached hydrogens (primary N) is 1. The summed E-state index contributed by atoms with van der Waals surface area (Å²) in [4.78, 5) is 13.7. The van der Waals surface area contributed by atoms with Crippen LogP contribution in [0, 0.1) is 0 Å². The van der Waals surface area contributed by atoms with Crippen molar-refractivity contribution < 1.29 is 9.53 Å². The van der Waals surface area contributed by atoms with E-state index in [4.69, 9.17) is 10.5 Å². The van der Waals surface area contributed by atoms with Gasteiger partial charge in [0.1, 0.15) is 0 Å². The normalized spacial score (nSPS) is 22.3. The first-order valence-electron chi connectivity index (χ1n) is 6.26. The Morgan fingerprint density at radius 3 is 2.53 bits per heavy atom. The number of ether oxygens (including phenoxy) is 1. The van der Waals surface area contributed by atoms with Gasteiger partial charge in [0.05, 0.1) is 11.6 Å². The monoisotopic (exact) mass is 243 g/mol. The van der Waals surface area contributed by atoms with Gasteiger partial charge in [0.25, 0.3) is 0 Å². The first kappa shape index (κ1) is 14.4. The van der Waals surface area contributed by atoms with E-state index >= 15 is 0 Å². The average Bonchev–Trinajstić information content (AvgIpc) is 2.36. The molecule has 1 aliphatic rings. The number of rotatable bonds is 6. The lowest BCUT2D eigenvalue weighted by Crippen LogP contribution is -2.53. The molecule has 1 fully saturated rings. The zero-order valence-electron chi connectivity index (χ0n) is 11.2. The maximum Gasteiger partial charge on any atom is 0.237 e. The smallest absolute Gasteiger partial charge is 0.237 e. The highest BCUT2D eigenvalue weighted by Gasteiger charge is 2.30. The van der Waals surface area contributed by atoms with Crippen LogP contribution in [0.25, 0.3) is 0 Å². The van der Waals surface area contributed by atoms with Crippen LogP contribution in [0.3, 0.4) is 0 Å². The van der Waals surface area contributed by atoms with Gasteiger partial charge in [-0.3, -0.25) is 4.79 Å². The summed E-state index contributed by atoms with van der Waals surface area (Å²) in [6, 6.07) is 0. The molecule has 100 valence electrons. The minimum Gasteiger partial charge on any atom is -0.381 e. The quantitative estimate of drug-likeness (QED) is 0.686. The van der Waals surface area contributed by atoms with Gasteiger partial charge in [-0.1, -0.05) is 0 Å². The SMILES string of the molecule is CNC(C)(CCN1CCC(OC)CC1)C(N)=O. The van der Waals surface area contributed by atoms with Crippen LogP contribution in [-0.4, -0.2) is 56.2 Å². The van der Waals surface area contributed by atoms with Crippen molar-refractivity contribution in [2.75, 3.05) is 33.8 Å². The summed E-state index contributed by atoms with van der Waals surface area (Å²) < 4.78 is 5.33. The fourth-order valence-corrected chi connectivity index (χ4v) is 2.12. The summed E-state index contributed by atoms with van der Waals surface area (Å²) in [5.41, 5.74) is 4.80. The van der Waals surface area contributed by atoms with Crippen LogP contribution in [0.1, 0.15) is 26.2 Å². The zero-order chi connectivity index (χ0) is 12.9. The third-order valence-corrected chi connectivity index (χ3v) is 3.89. The molecular formula is C12H25N3O2. The molecule has 1 saturated heterocycles. The van der Waals surface area contributed by atoms with Crippen LogP contribution in [-0.2, 0) is 9.53 Å². The summed E-state index contributed by atoms with van der Waals surface area (Å²) in [6.45, 7) is 4.84. The van der Waals surface area contributed by atoms with E-state index in [0.29, 0.717) is 6.10 Å². The van der Waals surface area contributed by atoms with Crippen molar-refractivity contribution in [2.45, 2.75) is 37.8 Å². The molecule has 1 unspecified atom stereocenters. The Kier molecular flexibility index (Phi) is 5.36. The van der Waals surface area contributed by atoms with Gasteiger partial charge in [-0.05, 0) is 33.2 Å². The molecule has 0 aliphatic carbocycles. The highest BCUT2D eigenvalue weighted by atomic mass is 16.5. The topological polar surface area (TPSA) is 67.6 Å². The highest BCUT2D eigenvalue weighted by molar-refractivity contribution is 5.84. The van der Waals surface area contributed by atoms with Gasteiger partial charge in [0, 0.05) is 26.7 Å². The number of hydrogen-bond donors (Lipinski definition) is 2. The lowest BCUT2D eigenvalue weighted by molar-refractivity contribution is -0.124. The van der Waals surface area contributed by atoms with Crippen molar-refractivity contribution in [1.82, 2.24) is 10.2 Å². The summed E-state index contributed by atoms with van der Waals surface area (Å²) in [5, 5.41) is 3.01. The molecule has 1 atom stereocenters. The molecule has 0 aromatic heterocycles. The number of likely N-dealkylation sites (tertiary alicyclic amines) is 1. The molecule has 1 aliphatic heterocycles. The average molecular weight is 243 g/mol. The minimum atomic E-state index is -0.599. The molecule has 1 rings (SSSR count). The van der Waals surface area contributed by atoms with E-state index in [0.717, 1.165) is 38.9 Å². The van der Waals surface area contributed by atoms with Crippen molar-refractivity contribution in [3.63, 3.8) is 0 Å². The summed E-state index contributed by atoms with van der Waals surface area (Å²) in [5.74, 6) is -0.285. The molecule has 17 heavy (non-hydrogen) atoms. The van der Waals surface area contributed by atoms with Crippen molar-refractivity contribution in [1.29, 1.82) is 0 Å². The second-order valence-corrected chi connectivity index (χ2v) is 4.97. The number of likely N-dealkylation sites (N-methyl/N-ethyl adjacent to an activating group) is 1. The predicted octanol–water partition coefficient (Wildman–Crippen LogP) is -0.0493. The maximum absolute atomic E-state index is 11.3. The van der Waals surface area contributed by atoms with E-state index in [1.807, 2.05) is 6.92 Å². The van der Waals surface area contributed by atoms with Crippen LogP contribution in [0.5, 0.6) is 0 Å². The van der Waals surface area contributed by atoms with Crippen LogP contribution in [0.2, 0.25) is 0 Å². The van der Waals surface area contributed by atoms with Crippen LogP contribution in [0.15, 0.2) is 0 Å². The van der Waals surface area contributed by atoms with Gasteiger partial charge in [-0.2, -0.15) is 0 Å². The van der Waals surface area contributed by atoms with Crippen LogP contribution < -0.4 is 11.1 Å². The lowest BCUT2D eigenvalue weighted by Gasteiger charge is -2.34. The van der Waals surface area contributed by atoms with E-state index in [1.54, 1.807) is 14.2 Å². The highest BCUT2D eigenvalue weighted by Crippen LogP contribution is 2.15. The third-order valence-electron chi connectivity index (χ3n) is 3.89. The summed E-state index contributed by atoms with van der Waals surface area (Å²) >= 11 is 0. The molecule has 0 bridgehead atoms. The molecule has 1 amide bonds. The van der Waals surface area contributed by atoms with Gasteiger partial charge in [0.2, 0.25) is 5.91 Å². The second kappa shape index (κ2) is 6.33. The lowest BCUT2D eigenvalue weighted by atomic mass is 9.96. The van der Waals surface area contributed by atoms with Crippen molar-refractivity contribution in [3.05, 3.63) is 0 Å². The third kappa shape index (κ3) is 3.94.